The number of nitrogens with one attached hydrogen (secondary N) is 1. The predicted octanol–water partition coefficient (Wildman–Crippen LogP) is 2.29. The monoisotopic (exact) mass is 330 g/mol. The summed E-state index contributed by atoms with van der Waals surface area (Å²) in [4.78, 5) is 21.7. The third-order valence-electron chi connectivity index (χ3n) is 3.93. The lowest BCUT2D eigenvalue weighted by molar-refractivity contribution is -0.141. The fourth-order valence-corrected chi connectivity index (χ4v) is 2.72. The highest BCUT2D eigenvalue weighted by Gasteiger charge is 2.33. The standard InChI is InChI=1S/C15H21F3N4O/c1-10-8-12(15(16,17)18)21-13(20-10)9-19-14(23)11-6-4-3-5-7-22(11)2/h8,11H,3-7,9H2,1-2H3,(H,19,23)/t11-/m1/s1. The van der Waals surface area contributed by atoms with Gasteiger partial charge in [-0.25, -0.2) is 9.97 Å². The first kappa shape index (κ1) is 17.7. The molecule has 1 N–H and O–H groups in total. The second-order valence-corrected chi connectivity index (χ2v) is 5.87. The van der Waals surface area contributed by atoms with Gasteiger partial charge in [-0.15, -0.1) is 0 Å². The van der Waals surface area contributed by atoms with Gasteiger partial charge < -0.3 is 5.32 Å². The summed E-state index contributed by atoms with van der Waals surface area (Å²) in [6.45, 7) is 2.21. The summed E-state index contributed by atoms with van der Waals surface area (Å²) in [5.41, 5.74) is -0.760. The summed E-state index contributed by atoms with van der Waals surface area (Å²) in [5.74, 6) is -0.213. The Labute approximate surface area is 133 Å². The van der Waals surface area contributed by atoms with Crippen molar-refractivity contribution >= 4 is 5.91 Å². The maximum atomic E-state index is 12.7. The molecule has 1 aliphatic rings. The number of aryl methyl sites for hydroxylation is 1. The lowest BCUT2D eigenvalue weighted by Crippen LogP contribution is -2.44. The minimum atomic E-state index is -4.52. The molecule has 1 aromatic rings. The van der Waals surface area contributed by atoms with E-state index >= 15 is 0 Å². The van der Waals surface area contributed by atoms with Crippen LogP contribution in [0.15, 0.2) is 6.07 Å². The number of carbonyl (C=O) groups is 1. The largest absolute Gasteiger partial charge is 0.433 e. The SMILES string of the molecule is Cc1cc(C(F)(F)F)nc(CNC(=O)[C@H]2CCCCCN2C)n1. The zero-order valence-corrected chi connectivity index (χ0v) is 13.3. The Hall–Kier alpha value is -1.70. The molecule has 1 atom stereocenters. The van der Waals surface area contributed by atoms with E-state index in [-0.39, 0.29) is 30.0 Å². The Bertz CT molecular complexity index is 562. The highest BCUT2D eigenvalue weighted by Crippen LogP contribution is 2.27. The van der Waals surface area contributed by atoms with Crippen molar-refractivity contribution in [1.29, 1.82) is 0 Å². The lowest BCUT2D eigenvalue weighted by Gasteiger charge is -2.24. The summed E-state index contributed by atoms with van der Waals surface area (Å²) >= 11 is 0. The van der Waals surface area contributed by atoms with Gasteiger partial charge in [-0.05, 0) is 39.4 Å². The normalized spacial score (nSPS) is 20.1. The molecule has 8 heteroatoms. The number of hydrogen-bond acceptors (Lipinski definition) is 4. The van der Waals surface area contributed by atoms with Crippen LogP contribution in [0.1, 0.15) is 42.9 Å². The molecule has 0 saturated carbocycles. The summed E-state index contributed by atoms with van der Waals surface area (Å²) in [6.07, 6.45) is -0.652. The number of carbonyl (C=O) groups excluding carboxylic acids is 1. The van der Waals surface area contributed by atoms with Gasteiger partial charge in [-0.2, -0.15) is 13.2 Å². The van der Waals surface area contributed by atoms with Gasteiger partial charge in [-0.1, -0.05) is 12.8 Å². The summed E-state index contributed by atoms with van der Waals surface area (Å²) < 4.78 is 38.2. The van der Waals surface area contributed by atoms with Gasteiger partial charge in [0.25, 0.3) is 0 Å². The summed E-state index contributed by atoms with van der Waals surface area (Å²) in [6, 6.07) is 0.647. The van der Waals surface area contributed by atoms with E-state index in [1.54, 1.807) is 0 Å². The highest BCUT2D eigenvalue weighted by molar-refractivity contribution is 5.81. The third-order valence-corrected chi connectivity index (χ3v) is 3.93. The number of aromatic nitrogens is 2. The molecule has 2 rings (SSSR count). The first-order chi connectivity index (χ1) is 10.8. The van der Waals surface area contributed by atoms with Gasteiger partial charge in [0.2, 0.25) is 5.91 Å². The zero-order chi connectivity index (χ0) is 17.0. The molecule has 1 aromatic heterocycles. The zero-order valence-electron chi connectivity index (χ0n) is 13.3. The van der Waals surface area contributed by atoms with Crippen LogP contribution in [0.2, 0.25) is 0 Å². The number of likely N-dealkylation sites (tertiary alicyclic amines) is 1. The van der Waals surface area contributed by atoms with E-state index < -0.39 is 11.9 Å². The molecule has 0 aromatic carbocycles. The molecular formula is C15H21F3N4O. The van der Waals surface area contributed by atoms with Crippen LogP contribution in [-0.2, 0) is 17.5 Å². The van der Waals surface area contributed by atoms with Gasteiger partial charge >= 0.3 is 6.18 Å². The molecule has 1 aliphatic heterocycles. The van der Waals surface area contributed by atoms with Gasteiger partial charge in [0.1, 0.15) is 11.5 Å². The summed E-state index contributed by atoms with van der Waals surface area (Å²) in [7, 11) is 1.89. The van der Waals surface area contributed by atoms with Crippen LogP contribution >= 0.6 is 0 Å². The van der Waals surface area contributed by atoms with Gasteiger partial charge in [-0.3, -0.25) is 9.69 Å². The Morgan fingerprint density at radius 3 is 2.78 bits per heavy atom. The number of alkyl halides is 3. The van der Waals surface area contributed by atoms with Crippen LogP contribution in [0.3, 0.4) is 0 Å². The molecule has 0 aliphatic carbocycles. The van der Waals surface area contributed by atoms with Crippen LogP contribution in [0.5, 0.6) is 0 Å². The Balaban J connectivity index is 2.02. The van der Waals surface area contributed by atoms with E-state index in [0.29, 0.717) is 0 Å². The first-order valence-electron chi connectivity index (χ1n) is 7.67. The first-order valence-corrected chi connectivity index (χ1v) is 7.67. The number of likely N-dealkylation sites (N-methyl/N-ethyl adjacent to an activating group) is 1. The van der Waals surface area contributed by atoms with E-state index in [9.17, 15) is 18.0 Å². The second kappa shape index (κ2) is 7.25. The average Bonchev–Trinajstić information content (AvgIpc) is 2.68. The van der Waals surface area contributed by atoms with Gasteiger partial charge in [0, 0.05) is 5.69 Å². The van der Waals surface area contributed by atoms with Crippen molar-refractivity contribution in [3.05, 3.63) is 23.3 Å². The van der Waals surface area contributed by atoms with Crippen LogP contribution in [0.25, 0.3) is 0 Å². The molecule has 1 saturated heterocycles. The minimum absolute atomic E-state index is 0.0260. The molecule has 0 bridgehead atoms. The maximum Gasteiger partial charge on any atom is 0.433 e. The van der Waals surface area contributed by atoms with Crippen LogP contribution < -0.4 is 5.32 Å². The van der Waals surface area contributed by atoms with Gasteiger partial charge in [0.05, 0.1) is 12.6 Å². The Kier molecular flexibility index (Phi) is 5.56. The number of rotatable bonds is 3. The fraction of sp³-hybridized carbons (Fsp3) is 0.667. The second-order valence-electron chi connectivity index (χ2n) is 5.87. The number of hydrogen-bond donors (Lipinski definition) is 1. The predicted molar refractivity (Wildman–Crippen MR) is 78.5 cm³/mol. The number of halogens is 3. The van der Waals surface area contributed by atoms with Crippen LogP contribution in [-0.4, -0.2) is 40.4 Å². The molecule has 5 nitrogen and oxygen atoms in total. The van der Waals surface area contributed by atoms with Crippen LogP contribution in [0, 0.1) is 6.92 Å². The Morgan fingerprint density at radius 1 is 1.35 bits per heavy atom. The van der Waals surface area contributed by atoms with E-state index in [1.807, 2.05) is 11.9 Å². The van der Waals surface area contributed by atoms with Crippen molar-refractivity contribution in [3.8, 4) is 0 Å². The molecule has 1 fully saturated rings. The maximum absolute atomic E-state index is 12.7. The van der Waals surface area contributed by atoms with E-state index in [4.69, 9.17) is 0 Å². The van der Waals surface area contributed by atoms with Gasteiger partial charge in [0.15, 0.2) is 0 Å². The quantitative estimate of drug-likeness (QED) is 0.924. The van der Waals surface area contributed by atoms with E-state index in [2.05, 4.69) is 15.3 Å². The molecule has 23 heavy (non-hydrogen) atoms. The van der Waals surface area contributed by atoms with Crippen molar-refractivity contribution in [2.75, 3.05) is 13.6 Å². The molecule has 0 radical (unpaired) electrons. The summed E-state index contributed by atoms with van der Waals surface area (Å²) in [5, 5.41) is 2.66. The van der Waals surface area contributed by atoms with Crippen molar-refractivity contribution < 1.29 is 18.0 Å². The van der Waals surface area contributed by atoms with Crippen molar-refractivity contribution in [2.24, 2.45) is 0 Å². The van der Waals surface area contributed by atoms with Crippen molar-refractivity contribution in [3.63, 3.8) is 0 Å². The smallest absolute Gasteiger partial charge is 0.347 e. The molecule has 2 heterocycles. The Morgan fingerprint density at radius 2 is 2.09 bits per heavy atom. The van der Waals surface area contributed by atoms with E-state index in [0.717, 1.165) is 38.3 Å². The molecule has 0 unspecified atom stereocenters. The highest BCUT2D eigenvalue weighted by atomic mass is 19.4. The molecule has 128 valence electrons. The van der Waals surface area contributed by atoms with Crippen molar-refractivity contribution in [1.82, 2.24) is 20.2 Å². The van der Waals surface area contributed by atoms with Crippen molar-refractivity contribution in [2.45, 2.75) is 51.4 Å². The van der Waals surface area contributed by atoms with Crippen LogP contribution in [0.4, 0.5) is 13.2 Å². The number of amides is 1. The lowest BCUT2D eigenvalue weighted by atomic mass is 10.1. The fourth-order valence-electron chi connectivity index (χ4n) is 2.72. The average molecular weight is 330 g/mol. The molecular weight excluding hydrogens is 309 g/mol. The third kappa shape index (κ3) is 4.89. The minimum Gasteiger partial charge on any atom is -0.347 e. The topological polar surface area (TPSA) is 58.1 Å². The molecule has 1 amide bonds. The molecule has 0 spiro atoms. The van der Waals surface area contributed by atoms with E-state index in [1.165, 1.54) is 6.92 Å². The number of nitrogens with zero attached hydrogens (tertiary/aromatic N) is 3.